The van der Waals surface area contributed by atoms with E-state index in [1.807, 2.05) is 15.6 Å². The lowest BCUT2D eigenvalue weighted by atomic mass is 10.2. The Hall–Kier alpha value is -2.47. The van der Waals surface area contributed by atoms with Crippen molar-refractivity contribution >= 4 is 17.2 Å². The minimum absolute atomic E-state index is 0.0553. The molecular weight excluding hydrogens is 308 g/mol. The molecule has 5 nitrogen and oxygen atoms in total. The molecule has 4 heterocycles. The fraction of sp³-hybridized carbons (Fsp3) is 0.235. The number of aryl methyl sites for hydroxylation is 1. The van der Waals surface area contributed by atoms with Crippen molar-refractivity contribution < 1.29 is 4.79 Å². The molecule has 4 rings (SSSR count). The summed E-state index contributed by atoms with van der Waals surface area (Å²) in [6.07, 6.45) is 4.23. The normalized spacial score (nSPS) is 14.3. The molecule has 3 aromatic heterocycles. The molecule has 1 aliphatic rings. The molecule has 0 saturated carbocycles. The molecule has 0 atom stereocenters. The number of nitrogens with zero attached hydrogens (tertiary/aromatic N) is 4. The van der Waals surface area contributed by atoms with Crippen LogP contribution in [-0.2, 0) is 13.1 Å². The van der Waals surface area contributed by atoms with E-state index in [1.165, 1.54) is 0 Å². The first-order chi connectivity index (χ1) is 11.3. The smallest absolute Gasteiger partial charge is 0.254 e. The van der Waals surface area contributed by atoms with Gasteiger partial charge in [0, 0.05) is 31.0 Å². The Labute approximate surface area is 138 Å². The van der Waals surface area contributed by atoms with Crippen LogP contribution in [0.3, 0.4) is 0 Å². The topological polar surface area (TPSA) is 51.0 Å². The SMILES string of the molecule is O=C(c1ccncc1)N1CCCn2nc(-c3cccs3)cc2C1. The largest absolute Gasteiger partial charge is 0.333 e. The Bertz CT molecular complexity index is 811. The predicted molar refractivity (Wildman–Crippen MR) is 89.1 cm³/mol. The van der Waals surface area contributed by atoms with Gasteiger partial charge in [-0.2, -0.15) is 5.10 Å². The molecule has 0 saturated heterocycles. The highest BCUT2D eigenvalue weighted by Crippen LogP contribution is 2.26. The predicted octanol–water partition coefficient (Wildman–Crippen LogP) is 3.05. The average molecular weight is 324 g/mol. The van der Waals surface area contributed by atoms with Crippen molar-refractivity contribution in [2.24, 2.45) is 0 Å². The van der Waals surface area contributed by atoms with Crippen LogP contribution in [0.25, 0.3) is 10.6 Å². The number of carbonyl (C=O) groups is 1. The van der Waals surface area contributed by atoms with Gasteiger partial charge >= 0.3 is 0 Å². The van der Waals surface area contributed by atoms with Gasteiger partial charge in [0.15, 0.2) is 0 Å². The first-order valence-corrected chi connectivity index (χ1v) is 8.49. The van der Waals surface area contributed by atoms with Crippen molar-refractivity contribution in [3.63, 3.8) is 0 Å². The summed E-state index contributed by atoms with van der Waals surface area (Å²) in [5, 5.41) is 6.75. The minimum atomic E-state index is 0.0553. The van der Waals surface area contributed by atoms with Crippen LogP contribution in [0.2, 0.25) is 0 Å². The maximum Gasteiger partial charge on any atom is 0.254 e. The monoisotopic (exact) mass is 324 g/mol. The highest BCUT2D eigenvalue weighted by molar-refractivity contribution is 7.13. The second-order valence-corrected chi connectivity index (χ2v) is 6.49. The van der Waals surface area contributed by atoms with E-state index in [9.17, 15) is 4.79 Å². The zero-order valence-electron chi connectivity index (χ0n) is 12.6. The zero-order chi connectivity index (χ0) is 15.6. The van der Waals surface area contributed by atoms with Gasteiger partial charge in [-0.15, -0.1) is 11.3 Å². The first-order valence-electron chi connectivity index (χ1n) is 7.61. The van der Waals surface area contributed by atoms with Gasteiger partial charge in [0.05, 0.1) is 17.1 Å². The van der Waals surface area contributed by atoms with Crippen LogP contribution < -0.4 is 0 Å². The van der Waals surface area contributed by atoms with E-state index < -0.39 is 0 Å². The van der Waals surface area contributed by atoms with E-state index in [-0.39, 0.29) is 5.91 Å². The number of carbonyl (C=O) groups excluding carboxylic acids is 1. The highest BCUT2D eigenvalue weighted by atomic mass is 32.1. The number of thiophene rings is 1. The second kappa shape index (κ2) is 5.96. The fourth-order valence-corrected chi connectivity index (χ4v) is 3.54. The van der Waals surface area contributed by atoms with Crippen molar-refractivity contribution in [3.8, 4) is 10.6 Å². The molecule has 0 N–H and O–H groups in total. The molecule has 6 heteroatoms. The van der Waals surface area contributed by atoms with Crippen LogP contribution in [0.5, 0.6) is 0 Å². The maximum atomic E-state index is 12.7. The summed E-state index contributed by atoms with van der Waals surface area (Å²) in [6.45, 7) is 2.19. The number of rotatable bonds is 2. The van der Waals surface area contributed by atoms with Gasteiger partial charge < -0.3 is 4.90 Å². The van der Waals surface area contributed by atoms with Crippen LogP contribution >= 0.6 is 11.3 Å². The van der Waals surface area contributed by atoms with Crippen molar-refractivity contribution in [2.75, 3.05) is 6.54 Å². The lowest BCUT2D eigenvalue weighted by molar-refractivity contribution is 0.0745. The summed E-state index contributed by atoms with van der Waals surface area (Å²) in [4.78, 5) is 19.7. The van der Waals surface area contributed by atoms with Crippen molar-refractivity contribution in [3.05, 3.63) is 59.4 Å². The van der Waals surface area contributed by atoms with Crippen molar-refractivity contribution in [1.29, 1.82) is 0 Å². The Kier molecular flexibility index (Phi) is 3.67. The molecule has 0 bridgehead atoms. The van der Waals surface area contributed by atoms with Gasteiger partial charge in [0.25, 0.3) is 5.91 Å². The number of amides is 1. The van der Waals surface area contributed by atoms with Gasteiger partial charge in [-0.05, 0) is 36.1 Å². The summed E-state index contributed by atoms with van der Waals surface area (Å²) in [5.41, 5.74) is 2.77. The molecule has 1 aliphatic heterocycles. The number of pyridine rings is 1. The molecule has 3 aromatic rings. The standard InChI is InChI=1S/C17H16N4OS/c22-17(13-4-6-18-7-5-13)20-8-2-9-21-14(12-20)11-15(19-21)16-3-1-10-23-16/h1,3-7,10-11H,2,8-9,12H2. The molecule has 0 aromatic carbocycles. The van der Waals surface area contributed by atoms with Crippen LogP contribution in [0.4, 0.5) is 0 Å². The van der Waals surface area contributed by atoms with Crippen molar-refractivity contribution in [1.82, 2.24) is 19.7 Å². The first kappa shape index (κ1) is 14.1. The van der Waals surface area contributed by atoms with Crippen LogP contribution in [0.1, 0.15) is 22.5 Å². The number of aromatic nitrogens is 3. The van der Waals surface area contributed by atoms with Gasteiger partial charge in [-0.25, -0.2) is 0 Å². The third kappa shape index (κ3) is 2.77. The van der Waals surface area contributed by atoms with Crippen LogP contribution in [0, 0.1) is 0 Å². The van der Waals surface area contributed by atoms with Crippen LogP contribution in [0.15, 0.2) is 48.1 Å². The number of hydrogen-bond donors (Lipinski definition) is 0. The molecule has 0 radical (unpaired) electrons. The second-order valence-electron chi connectivity index (χ2n) is 5.54. The van der Waals surface area contributed by atoms with E-state index in [0.29, 0.717) is 12.1 Å². The average Bonchev–Trinajstić information content (AvgIpc) is 3.21. The quantitative estimate of drug-likeness (QED) is 0.728. The molecule has 0 aliphatic carbocycles. The Morgan fingerprint density at radius 3 is 2.83 bits per heavy atom. The molecule has 116 valence electrons. The summed E-state index contributed by atoms with van der Waals surface area (Å²) < 4.78 is 2.04. The van der Waals surface area contributed by atoms with E-state index in [4.69, 9.17) is 5.10 Å². The van der Waals surface area contributed by atoms with Gasteiger partial charge in [-0.1, -0.05) is 6.07 Å². The van der Waals surface area contributed by atoms with E-state index >= 15 is 0 Å². The van der Waals surface area contributed by atoms with Crippen LogP contribution in [-0.4, -0.2) is 32.1 Å². The Balaban J connectivity index is 1.61. The van der Waals surface area contributed by atoms with E-state index in [1.54, 1.807) is 35.9 Å². The van der Waals surface area contributed by atoms with E-state index in [0.717, 1.165) is 35.8 Å². The van der Waals surface area contributed by atoms with Gasteiger partial charge in [-0.3, -0.25) is 14.5 Å². The lowest BCUT2D eigenvalue weighted by Gasteiger charge is -2.19. The third-order valence-corrected chi connectivity index (χ3v) is 4.89. The van der Waals surface area contributed by atoms with Crippen molar-refractivity contribution in [2.45, 2.75) is 19.5 Å². The summed E-state index contributed by atoms with van der Waals surface area (Å²) in [5.74, 6) is 0.0553. The Morgan fingerprint density at radius 1 is 1.17 bits per heavy atom. The molecule has 0 unspecified atom stereocenters. The molecule has 0 fully saturated rings. The summed E-state index contributed by atoms with van der Waals surface area (Å²) in [7, 11) is 0. The number of hydrogen-bond acceptors (Lipinski definition) is 4. The maximum absolute atomic E-state index is 12.7. The zero-order valence-corrected chi connectivity index (χ0v) is 13.4. The summed E-state index contributed by atoms with van der Waals surface area (Å²) >= 11 is 1.69. The summed E-state index contributed by atoms with van der Waals surface area (Å²) in [6, 6.07) is 9.74. The lowest BCUT2D eigenvalue weighted by Crippen LogP contribution is -2.30. The van der Waals surface area contributed by atoms with Gasteiger partial charge in [0.1, 0.15) is 5.69 Å². The molecule has 1 amide bonds. The highest BCUT2D eigenvalue weighted by Gasteiger charge is 2.22. The molecule has 0 spiro atoms. The van der Waals surface area contributed by atoms with Gasteiger partial charge in [0.2, 0.25) is 0 Å². The Morgan fingerprint density at radius 2 is 2.04 bits per heavy atom. The minimum Gasteiger partial charge on any atom is -0.333 e. The molecule has 23 heavy (non-hydrogen) atoms. The third-order valence-electron chi connectivity index (χ3n) is 4.00. The fourth-order valence-electron chi connectivity index (χ4n) is 2.86. The number of fused-ring (bicyclic) bond motifs is 1. The van der Waals surface area contributed by atoms with E-state index in [2.05, 4.69) is 22.5 Å². The molecular formula is C17H16N4OS.